The third kappa shape index (κ3) is 4.48. The summed E-state index contributed by atoms with van der Waals surface area (Å²) >= 11 is 0. The lowest BCUT2D eigenvalue weighted by atomic mass is 10.2. The van der Waals surface area contributed by atoms with Crippen molar-refractivity contribution in [2.45, 2.75) is 25.8 Å². The molecular weight excluding hydrogens is 537 g/mol. The number of rotatable bonds is 6. The monoisotopic (exact) mass is 567 g/mol. The van der Waals surface area contributed by atoms with Gasteiger partial charge in [0.25, 0.3) is 5.69 Å². The molecule has 0 bridgehead atoms. The van der Waals surface area contributed by atoms with Gasteiger partial charge in [0.05, 0.1) is 40.5 Å². The summed E-state index contributed by atoms with van der Waals surface area (Å²) in [4.78, 5) is 16.4. The smallest absolute Gasteiger partial charge is 0.269 e. The number of non-ortho nitro benzene ring substituents is 1. The molecule has 3 aromatic carbocycles. The number of para-hydroxylation sites is 1. The number of nitrogens with zero attached hydrogens (tertiary/aromatic N) is 7. The molecule has 0 radical (unpaired) electrons. The second kappa shape index (κ2) is 10.4. The van der Waals surface area contributed by atoms with Crippen LogP contribution in [0.4, 0.5) is 17.2 Å². The van der Waals surface area contributed by atoms with E-state index in [2.05, 4.69) is 21.5 Å². The number of nitro groups is 1. The maximum atomic E-state index is 11.4. The van der Waals surface area contributed by atoms with Crippen molar-refractivity contribution < 1.29 is 9.66 Å². The van der Waals surface area contributed by atoms with Crippen LogP contribution in [0.3, 0.4) is 0 Å². The third-order valence-corrected chi connectivity index (χ3v) is 11.6. The van der Waals surface area contributed by atoms with E-state index in [9.17, 15) is 10.1 Å². The van der Waals surface area contributed by atoms with E-state index in [1.807, 2.05) is 60.1 Å². The summed E-state index contributed by atoms with van der Waals surface area (Å²) in [6, 6.07) is 27.3. The molecule has 1 aromatic heterocycles. The van der Waals surface area contributed by atoms with Gasteiger partial charge in [-0.3, -0.25) is 10.1 Å². The van der Waals surface area contributed by atoms with Crippen molar-refractivity contribution in [2.75, 3.05) is 26.3 Å². The maximum Gasteiger partial charge on any atom is 0.269 e. The van der Waals surface area contributed by atoms with Crippen LogP contribution in [0.25, 0.3) is 5.69 Å². The van der Waals surface area contributed by atoms with Crippen LogP contribution in [-0.4, -0.2) is 62.2 Å². The van der Waals surface area contributed by atoms with Crippen molar-refractivity contribution in [1.29, 1.82) is 0 Å². The molecule has 10 nitrogen and oxygen atoms in total. The Kier molecular flexibility index (Phi) is 6.54. The number of amidine groups is 1. The first-order chi connectivity index (χ1) is 20.1. The Morgan fingerprint density at radius 2 is 1.61 bits per heavy atom. The Hall–Kier alpha value is -4.11. The van der Waals surface area contributed by atoms with Crippen molar-refractivity contribution in [3.05, 3.63) is 106 Å². The average molecular weight is 568 g/mol. The highest BCUT2D eigenvalue weighted by Gasteiger charge is 2.51. The van der Waals surface area contributed by atoms with E-state index >= 15 is 0 Å². The van der Waals surface area contributed by atoms with Gasteiger partial charge in [0.1, 0.15) is 5.84 Å². The molecule has 1 saturated heterocycles. The van der Waals surface area contributed by atoms with Crippen LogP contribution < -0.4 is 5.30 Å². The molecule has 3 heterocycles. The number of aliphatic imine (C=N–C) groups is 1. The minimum atomic E-state index is -2.75. The Morgan fingerprint density at radius 3 is 2.24 bits per heavy atom. The molecule has 1 saturated carbocycles. The standard InChI is InChI=1S/C30H30N7O3P/c1-22-28-30(35(32-22)25-10-6-3-7-11-25)31-29(23-8-4-2-5-9-23)36(26-16-17-26)41(28,34-18-20-40-21-19-34)33-24-12-14-27(15-13-24)37(38)39/h2-15,26H,16-21H2,1H3. The Bertz CT molecular complexity index is 1680. The van der Waals surface area contributed by atoms with Gasteiger partial charge in [0, 0.05) is 36.8 Å². The number of aromatic nitrogens is 2. The number of ether oxygens (including phenoxy) is 1. The topological polar surface area (TPSA) is 101 Å². The van der Waals surface area contributed by atoms with Gasteiger partial charge < -0.3 is 9.41 Å². The number of fused-ring (bicyclic) bond motifs is 1. The molecule has 0 spiro atoms. The molecule has 0 amide bonds. The number of benzene rings is 3. The lowest BCUT2D eigenvalue weighted by molar-refractivity contribution is -0.384. The molecule has 4 aromatic rings. The minimum absolute atomic E-state index is 0.0469. The zero-order valence-electron chi connectivity index (χ0n) is 22.7. The van der Waals surface area contributed by atoms with Crippen LogP contribution >= 0.6 is 7.36 Å². The molecule has 1 unspecified atom stereocenters. The summed E-state index contributed by atoms with van der Waals surface area (Å²) in [5.74, 6) is 1.68. The SMILES string of the molecule is Cc1nn(-c2ccccc2)c2c1P(=Nc1ccc([N+](=O)[O-])cc1)(N1CCOCC1)N(C1CC1)C(c1ccccc1)=N2. The summed E-state index contributed by atoms with van der Waals surface area (Å²) < 4.78 is 18.4. The normalized spacial score (nSPS) is 20.8. The number of nitro benzene ring substituents is 1. The van der Waals surface area contributed by atoms with Gasteiger partial charge in [0.15, 0.2) is 13.2 Å². The highest BCUT2D eigenvalue weighted by atomic mass is 31.2. The molecule has 208 valence electrons. The van der Waals surface area contributed by atoms with E-state index in [1.165, 1.54) is 12.1 Å². The van der Waals surface area contributed by atoms with Gasteiger partial charge in [-0.15, -0.1) is 0 Å². The molecule has 0 N–H and O–H groups in total. The first kappa shape index (κ1) is 25.8. The maximum absolute atomic E-state index is 11.4. The first-order valence-corrected chi connectivity index (χ1v) is 15.5. The van der Waals surface area contributed by atoms with Crippen LogP contribution in [0, 0.1) is 17.0 Å². The summed E-state index contributed by atoms with van der Waals surface area (Å²) in [6.45, 7) is 4.69. The van der Waals surface area contributed by atoms with Crippen molar-refractivity contribution in [3.63, 3.8) is 0 Å². The van der Waals surface area contributed by atoms with Crippen molar-refractivity contribution >= 4 is 35.7 Å². The van der Waals surface area contributed by atoms with Gasteiger partial charge in [-0.25, -0.2) is 19.1 Å². The van der Waals surface area contributed by atoms with E-state index in [0.29, 0.717) is 32.0 Å². The molecule has 41 heavy (non-hydrogen) atoms. The molecular formula is C30H30N7O3P. The Balaban J connectivity index is 1.57. The van der Waals surface area contributed by atoms with Crippen molar-refractivity contribution in [3.8, 4) is 5.69 Å². The van der Waals surface area contributed by atoms with Crippen LogP contribution in [0.1, 0.15) is 24.1 Å². The summed E-state index contributed by atoms with van der Waals surface area (Å²) in [5.41, 5.74) is 3.60. The number of morpholine rings is 1. The number of hydrogen-bond acceptors (Lipinski definition) is 6. The number of aryl methyl sites for hydroxylation is 1. The average Bonchev–Trinajstić information content (AvgIpc) is 3.80. The highest BCUT2D eigenvalue weighted by Crippen LogP contribution is 2.65. The molecule has 2 fully saturated rings. The predicted octanol–water partition coefficient (Wildman–Crippen LogP) is 5.97. The lowest BCUT2D eigenvalue weighted by Gasteiger charge is -2.48. The second-order valence-corrected chi connectivity index (χ2v) is 13.2. The highest BCUT2D eigenvalue weighted by molar-refractivity contribution is 7.70. The van der Waals surface area contributed by atoms with Gasteiger partial charge >= 0.3 is 0 Å². The lowest BCUT2D eigenvalue weighted by Crippen LogP contribution is -2.47. The molecule has 3 aliphatic rings. The zero-order chi connectivity index (χ0) is 28.0. The first-order valence-electron chi connectivity index (χ1n) is 13.9. The third-order valence-electron chi connectivity index (χ3n) is 7.66. The van der Waals surface area contributed by atoms with E-state index < -0.39 is 7.36 Å². The van der Waals surface area contributed by atoms with Crippen LogP contribution in [0.5, 0.6) is 0 Å². The van der Waals surface area contributed by atoms with Crippen LogP contribution in [-0.2, 0) is 4.74 Å². The van der Waals surface area contributed by atoms with Crippen molar-refractivity contribution in [1.82, 2.24) is 19.1 Å². The molecule has 11 heteroatoms. The molecule has 1 aliphatic carbocycles. The fourth-order valence-electron chi connectivity index (χ4n) is 5.68. The molecule has 1 atom stereocenters. The van der Waals surface area contributed by atoms with Gasteiger partial charge in [-0.2, -0.15) is 5.10 Å². The number of hydrogen-bond donors (Lipinski definition) is 0. The Labute approximate surface area is 238 Å². The van der Waals surface area contributed by atoms with E-state index in [-0.39, 0.29) is 16.7 Å². The molecule has 2 aliphatic heterocycles. The van der Waals surface area contributed by atoms with E-state index in [1.54, 1.807) is 12.1 Å². The summed E-state index contributed by atoms with van der Waals surface area (Å²) in [5, 5.41) is 17.5. The Morgan fingerprint density at radius 1 is 0.951 bits per heavy atom. The fraction of sp³-hybridized carbons (Fsp3) is 0.267. The van der Waals surface area contributed by atoms with E-state index in [4.69, 9.17) is 19.6 Å². The van der Waals surface area contributed by atoms with Gasteiger partial charge in [-0.1, -0.05) is 48.5 Å². The predicted molar refractivity (Wildman–Crippen MR) is 160 cm³/mol. The summed E-state index contributed by atoms with van der Waals surface area (Å²) in [6.07, 6.45) is 2.10. The van der Waals surface area contributed by atoms with Gasteiger partial charge in [0.2, 0.25) is 0 Å². The quantitative estimate of drug-likeness (QED) is 0.162. The zero-order valence-corrected chi connectivity index (χ0v) is 23.6. The largest absolute Gasteiger partial charge is 0.379 e. The fourth-order valence-corrected chi connectivity index (χ4v) is 9.95. The second-order valence-electron chi connectivity index (χ2n) is 10.4. The van der Waals surface area contributed by atoms with Crippen LogP contribution in [0.2, 0.25) is 0 Å². The van der Waals surface area contributed by atoms with E-state index in [0.717, 1.165) is 46.7 Å². The van der Waals surface area contributed by atoms with Crippen molar-refractivity contribution in [2.24, 2.45) is 9.74 Å². The summed E-state index contributed by atoms with van der Waals surface area (Å²) in [7, 11) is -2.75. The van der Waals surface area contributed by atoms with Crippen LogP contribution in [0.15, 0.2) is 94.7 Å². The van der Waals surface area contributed by atoms with Gasteiger partial charge in [-0.05, 0) is 44.0 Å². The minimum Gasteiger partial charge on any atom is -0.379 e. The molecule has 7 rings (SSSR count).